The molecule has 1 heterocycles. The lowest BCUT2D eigenvalue weighted by Crippen LogP contribution is -2.25. The van der Waals surface area contributed by atoms with Crippen LogP contribution >= 0.6 is 11.6 Å². The standard InChI is InChI=1S/C10H16ClN3O/c1-15-10-4-2-3-8(5-10)14-9(6-11)7-12-13-14/h7-8,10H,2-6H2,1H3. The predicted octanol–water partition coefficient (Wildman–Crippen LogP) is 2.15. The Morgan fingerprint density at radius 3 is 3.20 bits per heavy atom. The predicted molar refractivity (Wildman–Crippen MR) is 57.9 cm³/mol. The minimum atomic E-state index is 0.358. The molecule has 0 N–H and O–H groups in total. The maximum Gasteiger partial charge on any atom is 0.0738 e. The zero-order chi connectivity index (χ0) is 10.7. The number of halogens is 1. The van der Waals surface area contributed by atoms with E-state index in [1.807, 2.05) is 4.68 Å². The molecule has 1 aromatic rings. The van der Waals surface area contributed by atoms with Crippen molar-refractivity contribution >= 4 is 11.6 Å². The molecule has 1 aliphatic rings. The maximum atomic E-state index is 5.83. The van der Waals surface area contributed by atoms with Crippen LogP contribution in [-0.2, 0) is 10.6 Å². The van der Waals surface area contributed by atoms with Crippen LogP contribution in [0.4, 0.5) is 0 Å². The molecule has 84 valence electrons. The fourth-order valence-electron chi connectivity index (χ4n) is 2.22. The maximum absolute atomic E-state index is 5.83. The monoisotopic (exact) mass is 229 g/mol. The molecule has 0 amide bonds. The van der Waals surface area contributed by atoms with E-state index in [4.69, 9.17) is 16.3 Å². The Labute approximate surface area is 94.6 Å². The summed E-state index contributed by atoms with van der Waals surface area (Å²) < 4.78 is 7.35. The van der Waals surface area contributed by atoms with Gasteiger partial charge in [-0.15, -0.1) is 16.7 Å². The van der Waals surface area contributed by atoms with Gasteiger partial charge in [-0.05, 0) is 25.7 Å². The molecule has 1 fully saturated rings. The van der Waals surface area contributed by atoms with Crippen LogP contribution in [0, 0.1) is 0 Å². The number of nitrogens with zero attached hydrogens (tertiary/aromatic N) is 3. The molecule has 2 rings (SSSR count). The molecule has 2 unspecified atom stereocenters. The Morgan fingerprint density at radius 1 is 1.60 bits per heavy atom. The quantitative estimate of drug-likeness (QED) is 0.746. The third-order valence-electron chi connectivity index (χ3n) is 3.06. The van der Waals surface area contributed by atoms with E-state index in [-0.39, 0.29) is 0 Å². The fraction of sp³-hybridized carbons (Fsp3) is 0.800. The van der Waals surface area contributed by atoms with E-state index in [1.54, 1.807) is 13.3 Å². The number of aromatic nitrogens is 3. The smallest absolute Gasteiger partial charge is 0.0738 e. The summed E-state index contributed by atoms with van der Waals surface area (Å²) in [4.78, 5) is 0. The van der Waals surface area contributed by atoms with Crippen molar-refractivity contribution in [2.75, 3.05) is 7.11 Å². The Balaban J connectivity index is 2.09. The van der Waals surface area contributed by atoms with Crippen LogP contribution < -0.4 is 0 Å². The lowest BCUT2D eigenvalue weighted by molar-refractivity contribution is 0.0500. The molecule has 1 aliphatic carbocycles. The second-order valence-corrected chi connectivity index (χ2v) is 4.25. The van der Waals surface area contributed by atoms with Crippen LogP contribution in [0.15, 0.2) is 6.20 Å². The van der Waals surface area contributed by atoms with Crippen LogP contribution in [0.1, 0.15) is 37.4 Å². The molecule has 2 atom stereocenters. The Bertz CT molecular complexity index is 315. The number of alkyl halides is 1. The van der Waals surface area contributed by atoms with Crippen LogP contribution in [0.25, 0.3) is 0 Å². The summed E-state index contributed by atoms with van der Waals surface area (Å²) >= 11 is 5.83. The molecule has 15 heavy (non-hydrogen) atoms. The molecule has 0 spiro atoms. The van der Waals surface area contributed by atoms with Crippen molar-refractivity contribution in [2.45, 2.75) is 43.7 Å². The van der Waals surface area contributed by atoms with Crippen molar-refractivity contribution < 1.29 is 4.74 Å². The van der Waals surface area contributed by atoms with Gasteiger partial charge in [0.1, 0.15) is 0 Å². The van der Waals surface area contributed by atoms with Gasteiger partial charge in [0.05, 0.1) is 29.9 Å². The first kappa shape index (κ1) is 10.9. The second-order valence-electron chi connectivity index (χ2n) is 3.98. The summed E-state index contributed by atoms with van der Waals surface area (Å²) in [5.41, 5.74) is 0.999. The summed E-state index contributed by atoms with van der Waals surface area (Å²) in [5.74, 6) is 0.473. The van der Waals surface area contributed by atoms with E-state index in [2.05, 4.69) is 10.3 Å². The molecule has 0 radical (unpaired) electrons. The van der Waals surface area contributed by atoms with Crippen molar-refractivity contribution in [3.63, 3.8) is 0 Å². The summed E-state index contributed by atoms with van der Waals surface area (Å²) in [5, 5.41) is 8.01. The molecular weight excluding hydrogens is 214 g/mol. The zero-order valence-corrected chi connectivity index (χ0v) is 9.65. The van der Waals surface area contributed by atoms with Crippen LogP contribution in [0.2, 0.25) is 0 Å². The second kappa shape index (κ2) is 4.94. The van der Waals surface area contributed by atoms with Gasteiger partial charge >= 0.3 is 0 Å². The van der Waals surface area contributed by atoms with Crippen LogP contribution in [0.5, 0.6) is 0 Å². The van der Waals surface area contributed by atoms with Gasteiger partial charge in [0, 0.05) is 7.11 Å². The van der Waals surface area contributed by atoms with Gasteiger partial charge in [-0.25, -0.2) is 4.68 Å². The molecule has 1 aromatic heterocycles. The normalized spacial score (nSPS) is 26.8. The van der Waals surface area contributed by atoms with Crippen molar-refractivity contribution in [2.24, 2.45) is 0 Å². The highest BCUT2D eigenvalue weighted by molar-refractivity contribution is 6.16. The highest BCUT2D eigenvalue weighted by Gasteiger charge is 2.24. The summed E-state index contributed by atoms with van der Waals surface area (Å²) in [6, 6.07) is 0.403. The van der Waals surface area contributed by atoms with Crippen LogP contribution in [0.3, 0.4) is 0 Å². The Kier molecular flexibility index (Phi) is 3.59. The van der Waals surface area contributed by atoms with E-state index in [0.29, 0.717) is 18.0 Å². The van der Waals surface area contributed by atoms with E-state index in [0.717, 1.165) is 25.0 Å². The summed E-state index contributed by atoms with van der Waals surface area (Å²) in [7, 11) is 1.77. The van der Waals surface area contributed by atoms with Gasteiger partial charge < -0.3 is 4.74 Å². The largest absolute Gasteiger partial charge is 0.381 e. The fourth-order valence-corrected chi connectivity index (χ4v) is 2.42. The van der Waals surface area contributed by atoms with Gasteiger partial charge in [-0.3, -0.25) is 0 Å². The molecule has 4 nitrogen and oxygen atoms in total. The average molecular weight is 230 g/mol. The number of rotatable bonds is 3. The van der Waals surface area contributed by atoms with Gasteiger partial charge in [-0.2, -0.15) is 0 Å². The van der Waals surface area contributed by atoms with E-state index in [1.165, 1.54) is 6.42 Å². The highest BCUT2D eigenvalue weighted by atomic mass is 35.5. The van der Waals surface area contributed by atoms with Gasteiger partial charge in [-0.1, -0.05) is 5.21 Å². The molecule has 5 heteroatoms. The molecular formula is C10H16ClN3O. The summed E-state index contributed by atoms with van der Waals surface area (Å²) in [6.45, 7) is 0. The third kappa shape index (κ3) is 2.32. The van der Waals surface area contributed by atoms with E-state index in [9.17, 15) is 0 Å². The van der Waals surface area contributed by atoms with Crippen molar-refractivity contribution in [1.29, 1.82) is 0 Å². The lowest BCUT2D eigenvalue weighted by Gasteiger charge is -2.28. The SMILES string of the molecule is COC1CCCC(n2nncc2CCl)C1. The summed E-state index contributed by atoms with van der Waals surface area (Å²) in [6.07, 6.45) is 6.60. The topological polar surface area (TPSA) is 39.9 Å². The van der Waals surface area contributed by atoms with Crippen molar-refractivity contribution in [3.05, 3.63) is 11.9 Å². The molecule has 0 saturated heterocycles. The average Bonchev–Trinajstić information content (AvgIpc) is 2.77. The Morgan fingerprint density at radius 2 is 2.47 bits per heavy atom. The van der Waals surface area contributed by atoms with E-state index < -0.39 is 0 Å². The van der Waals surface area contributed by atoms with Crippen molar-refractivity contribution in [1.82, 2.24) is 15.0 Å². The van der Waals surface area contributed by atoms with Crippen LogP contribution in [-0.4, -0.2) is 28.2 Å². The number of hydrogen-bond acceptors (Lipinski definition) is 3. The molecule has 0 aliphatic heterocycles. The van der Waals surface area contributed by atoms with Gasteiger partial charge in [0.15, 0.2) is 0 Å². The number of methoxy groups -OCH3 is 1. The number of ether oxygens (including phenoxy) is 1. The Hall–Kier alpha value is -0.610. The van der Waals surface area contributed by atoms with Crippen molar-refractivity contribution in [3.8, 4) is 0 Å². The first-order valence-electron chi connectivity index (χ1n) is 5.33. The molecule has 0 aromatic carbocycles. The van der Waals surface area contributed by atoms with Gasteiger partial charge in [0.25, 0.3) is 0 Å². The highest BCUT2D eigenvalue weighted by Crippen LogP contribution is 2.30. The molecule has 0 bridgehead atoms. The minimum absolute atomic E-state index is 0.358. The molecule has 1 saturated carbocycles. The first-order valence-corrected chi connectivity index (χ1v) is 5.86. The lowest BCUT2D eigenvalue weighted by atomic mass is 9.93. The van der Waals surface area contributed by atoms with Gasteiger partial charge in [0.2, 0.25) is 0 Å². The first-order chi connectivity index (χ1) is 7.35. The zero-order valence-electron chi connectivity index (χ0n) is 8.90. The third-order valence-corrected chi connectivity index (χ3v) is 3.34. The minimum Gasteiger partial charge on any atom is -0.381 e. The van der Waals surface area contributed by atoms with E-state index >= 15 is 0 Å². The number of hydrogen-bond donors (Lipinski definition) is 0.